The van der Waals surface area contributed by atoms with Crippen molar-refractivity contribution >= 4 is 38.5 Å². The molecule has 7 nitrogen and oxygen atoms in total. The molecular weight excluding hydrogens is 446 g/mol. The molecule has 0 atom stereocenters. The van der Waals surface area contributed by atoms with E-state index in [1.54, 1.807) is 6.33 Å². The van der Waals surface area contributed by atoms with Crippen molar-refractivity contribution in [2.24, 2.45) is 0 Å². The zero-order valence-electron chi connectivity index (χ0n) is 17.5. The Labute approximate surface area is 191 Å². The maximum Gasteiger partial charge on any atom is 0.211 e. The normalized spacial score (nSPS) is 15.4. The molecule has 1 aliphatic heterocycles. The third kappa shape index (κ3) is 3.85. The SMILES string of the molecule is CS(=O)(=O)N1CCN(c2ncnc3c2c(-c2ccccc2)cn3-c2cccc(Cl)c2)CC1. The van der Waals surface area contributed by atoms with E-state index in [-0.39, 0.29) is 0 Å². The van der Waals surface area contributed by atoms with E-state index < -0.39 is 10.0 Å². The van der Waals surface area contributed by atoms with E-state index in [9.17, 15) is 8.42 Å². The fourth-order valence-electron chi connectivity index (χ4n) is 4.18. The second-order valence-corrected chi connectivity index (χ2v) is 10.2. The van der Waals surface area contributed by atoms with Crippen molar-refractivity contribution in [2.45, 2.75) is 0 Å². The number of sulfonamides is 1. The number of benzene rings is 2. The molecule has 9 heteroatoms. The molecule has 0 unspecified atom stereocenters. The van der Waals surface area contributed by atoms with Gasteiger partial charge in [-0.15, -0.1) is 0 Å². The van der Waals surface area contributed by atoms with Gasteiger partial charge in [0.15, 0.2) is 5.65 Å². The average molecular weight is 468 g/mol. The van der Waals surface area contributed by atoms with Crippen LogP contribution in [0.2, 0.25) is 5.02 Å². The van der Waals surface area contributed by atoms with E-state index in [1.807, 2.05) is 47.0 Å². The highest BCUT2D eigenvalue weighted by Gasteiger charge is 2.27. The zero-order valence-corrected chi connectivity index (χ0v) is 19.1. The molecule has 0 aliphatic carbocycles. The van der Waals surface area contributed by atoms with Crippen LogP contribution in [0, 0.1) is 0 Å². The molecule has 0 radical (unpaired) electrons. The van der Waals surface area contributed by atoms with Gasteiger partial charge in [0.1, 0.15) is 12.1 Å². The third-order valence-corrected chi connectivity index (χ3v) is 7.28. The number of piperazine rings is 1. The van der Waals surface area contributed by atoms with Gasteiger partial charge in [0.2, 0.25) is 10.0 Å². The first-order valence-corrected chi connectivity index (χ1v) is 12.5. The number of hydrogen-bond acceptors (Lipinski definition) is 5. The number of hydrogen-bond donors (Lipinski definition) is 0. The van der Waals surface area contributed by atoms with Crippen molar-refractivity contribution in [1.29, 1.82) is 0 Å². The van der Waals surface area contributed by atoms with Crippen LogP contribution in [0.5, 0.6) is 0 Å². The minimum absolute atomic E-state index is 0.431. The summed E-state index contributed by atoms with van der Waals surface area (Å²) in [4.78, 5) is 11.4. The second kappa shape index (κ2) is 8.20. The zero-order chi connectivity index (χ0) is 22.3. The van der Waals surface area contributed by atoms with Crippen molar-refractivity contribution in [2.75, 3.05) is 37.3 Å². The van der Waals surface area contributed by atoms with E-state index in [2.05, 4.69) is 33.2 Å². The van der Waals surface area contributed by atoms with Crippen LogP contribution in [0.4, 0.5) is 5.82 Å². The predicted molar refractivity (Wildman–Crippen MR) is 128 cm³/mol. The van der Waals surface area contributed by atoms with Crippen molar-refractivity contribution in [3.05, 3.63) is 72.1 Å². The van der Waals surface area contributed by atoms with Gasteiger partial charge in [-0.1, -0.05) is 48.0 Å². The Morgan fingerprint density at radius 2 is 1.69 bits per heavy atom. The minimum atomic E-state index is -3.20. The minimum Gasteiger partial charge on any atom is -0.353 e. The molecule has 32 heavy (non-hydrogen) atoms. The van der Waals surface area contributed by atoms with Gasteiger partial charge in [0.25, 0.3) is 0 Å². The molecule has 4 aromatic rings. The monoisotopic (exact) mass is 467 g/mol. The Kier molecular flexibility index (Phi) is 5.36. The summed E-state index contributed by atoms with van der Waals surface area (Å²) < 4.78 is 27.4. The number of anilines is 1. The predicted octanol–water partition coefficient (Wildman–Crippen LogP) is 3.82. The highest BCUT2D eigenvalue weighted by atomic mass is 35.5. The summed E-state index contributed by atoms with van der Waals surface area (Å²) in [6.45, 7) is 1.99. The van der Waals surface area contributed by atoms with Crippen molar-refractivity contribution < 1.29 is 8.42 Å². The molecule has 0 N–H and O–H groups in total. The number of fused-ring (bicyclic) bond motifs is 1. The highest BCUT2D eigenvalue weighted by molar-refractivity contribution is 7.88. The standard InChI is InChI=1S/C23H22ClN5O2S/c1-32(30,31)28-12-10-27(11-13-28)22-21-20(17-6-3-2-4-7-17)15-29(23(21)26-16-25-22)19-9-5-8-18(24)14-19/h2-9,14-16H,10-13H2,1H3. The summed E-state index contributed by atoms with van der Waals surface area (Å²) in [5.74, 6) is 0.808. The van der Waals surface area contributed by atoms with E-state index >= 15 is 0 Å². The topological polar surface area (TPSA) is 71.3 Å². The van der Waals surface area contributed by atoms with Crippen LogP contribution in [0.3, 0.4) is 0 Å². The molecule has 0 spiro atoms. The first-order chi connectivity index (χ1) is 15.4. The Morgan fingerprint density at radius 1 is 0.938 bits per heavy atom. The van der Waals surface area contributed by atoms with Crippen molar-refractivity contribution in [1.82, 2.24) is 18.8 Å². The Morgan fingerprint density at radius 3 is 2.38 bits per heavy atom. The number of halogens is 1. The van der Waals surface area contributed by atoms with E-state index in [0.717, 1.165) is 33.7 Å². The summed E-state index contributed by atoms with van der Waals surface area (Å²) in [5, 5.41) is 1.59. The van der Waals surface area contributed by atoms with Crippen LogP contribution in [0.1, 0.15) is 0 Å². The van der Waals surface area contributed by atoms with Gasteiger partial charge in [0, 0.05) is 48.6 Å². The van der Waals surface area contributed by atoms with Crippen LogP contribution < -0.4 is 4.90 Å². The first-order valence-electron chi connectivity index (χ1n) is 10.3. The second-order valence-electron chi connectivity index (χ2n) is 7.80. The van der Waals surface area contributed by atoms with Crippen LogP contribution in [-0.2, 0) is 10.0 Å². The third-order valence-electron chi connectivity index (χ3n) is 5.74. The molecule has 2 aromatic carbocycles. The number of aromatic nitrogens is 3. The molecule has 0 bridgehead atoms. The maximum absolute atomic E-state index is 11.9. The summed E-state index contributed by atoms with van der Waals surface area (Å²) in [5.41, 5.74) is 3.77. The van der Waals surface area contributed by atoms with Gasteiger partial charge in [-0.05, 0) is 23.8 Å². The number of rotatable bonds is 4. The summed E-state index contributed by atoms with van der Waals surface area (Å²) in [7, 11) is -3.20. The quantitative estimate of drug-likeness (QED) is 0.456. The van der Waals surface area contributed by atoms with Crippen LogP contribution in [0.15, 0.2) is 67.1 Å². The van der Waals surface area contributed by atoms with E-state index in [4.69, 9.17) is 11.6 Å². The highest BCUT2D eigenvalue weighted by Crippen LogP contribution is 2.37. The van der Waals surface area contributed by atoms with Gasteiger partial charge < -0.3 is 9.47 Å². The van der Waals surface area contributed by atoms with Crippen LogP contribution in [-0.4, -0.2) is 59.7 Å². The van der Waals surface area contributed by atoms with Gasteiger partial charge >= 0.3 is 0 Å². The lowest BCUT2D eigenvalue weighted by Crippen LogP contribution is -2.48. The lowest BCUT2D eigenvalue weighted by molar-refractivity contribution is 0.387. The average Bonchev–Trinajstić information content (AvgIpc) is 3.19. The Bertz CT molecular complexity index is 1380. The smallest absolute Gasteiger partial charge is 0.211 e. The molecule has 2 aromatic heterocycles. The van der Waals surface area contributed by atoms with Crippen LogP contribution >= 0.6 is 11.6 Å². The maximum atomic E-state index is 11.9. The lowest BCUT2D eigenvalue weighted by Gasteiger charge is -2.34. The fraction of sp³-hybridized carbons (Fsp3) is 0.217. The fourth-order valence-corrected chi connectivity index (χ4v) is 5.19. The molecule has 0 saturated carbocycles. The lowest BCUT2D eigenvalue weighted by atomic mass is 10.1. The van der Waals surface area contributed by atoms with Gasteiger partial charge in [-0.25, -0.2) is 18.4 Å². The van der Waals surface area contributed by atoms with E-state index in [0.29, 0.717) is 31.2 Å². The molecule has 1 saturated heterocycles. The molecule has 3 heterocycles. The van der Waals surface area contributed by atoms with Gasteiger partial charge in [-0.3, -0.25) is 0 Å². The summed E-state index contributed by atoms with van der Waals surface area (Å²) in [6, 6.07) is 17.8. The van der Waals surface area contributed by atoms with E-state index in [1.165, 1.54) is 10.6 Å². The summed E-state index contributed by atoms with van der Waals surface area (Å²) in [6.07, 6.45) is 4.89. The van der Waals surface area contributed by atoms with Crippen molar-refractivity contribution in [3.63, 3.8) is 0 Å². The van der Waals surface area contributed by atoms with Gasteiger partial charge in [-0.2, -0.15) is 4.31 Å². The Balaban J connectivity index is 1.67. The molecule has 0 amide bonds. The van der Waals surface area contributed by atoms with Crippen LogP contribution in [0.25, 0.3) is 27.8 Å². The molecule has 164 valence electrons. The molecule has 1 aliphatic rings. The number of nitrogens with zero attached hydrogens (tertiary/aromatic N) is 5. The Hall–Kier alpha value is -2.94. The molecule has 1 fully saturated rings. The molecule has 5 rings (SSSR count). The molecular formula is C23H22ClN5O2S. The largest absolute Gasteiger partial charge is 0.353 e. The summed E-state index contributed by atoms with van der Waals surface area (Å²) >= 11 is 6.27. The van der Waals surface area contributed by atoms with Gasteiger partial charge in [0.05, 0.1) is 11.6 Å². The van der Waals surface area contributed by atoms with Crippen molar-refractivity contribution in [3.8, 4) is 16.8 Å². The first kappa shape index (κ1) is 20.9.